The van der Waals surface area contributed by atoms with E-state index in [1.165, 1.54) is 0 Å². The van der Waals surface area contributed by atoms with Gasteiger partial charge < -0.3 is 5.73 Å². The van der Waals surface area contributed by atoms with Crippen LogP contribution in [-0.2, 0) is 0 Å². The second kappa shape index (κ2) is 3.91. The number of nitrogens with two attached hydrogens (primary N) is 1. The van der Waals surface area contributed by atoms with E-state index in [4.69, 9.17) is 28.9 Å². The quantitative estimate of drug-likeness (QED) is 0.532. The minimum atomic E-state index is 0.104. The minimum Gasteiger partial charge on any atom is -0.398 e. The third kappa shape index (κ3) is 1.67. The molecule has 0 aliphatic heterocycles. The predicted octanol–water partition coefficient (Wildman–Crippen LogP) is 5.04. The van der Waals surface area contributed by atoms with Crippen molar-refractivity contribution in [1.29, 1.82) is 0 Å². The van der Waals surface area contributed by atoms with Crippen LogP contribution in [0.3, 0.4) is 0 Å². The van der Waals surface area contributed by atoms with Gasteiger partial charge in [-0.3, -0.25) is 0 Å². The van der Waals surface area contributed by atoms with E-state index in [1.54, 1.807) is 6.07 Å². The Morgan fingerprint density at radius 3 is 2.47 bits per heavy atom. The summed E-state index contributed by atoms with van der Waals surface area (Å²) in [6.45, 7) is 0. The maximum Gasteiger partial charge on any atom is 0.0658 e. The molecule has 1 nitrogen and oxygen atoms in total. The lowest BCUT2D eigenvalue weighted by atomic mass is 10.0. The van der Waals surface area contributed by atoms with Crippen LogP contribution in [0, 0.1) is 0 Å². The molecule has 0 saturated heterocycles. The average molecular weight is 329 g/mol. The van der Waals surface area contributed by atoms with Gasteiger partial charge in [-0.15, -0.1) is 0 Å². The Morgan fingerprint density at radius 1 is 1.00 bits per heavy atom. The van der Waals surface area contributed by atoms with E-state index in [1.807, 2.05) is 24.3 Å². The lowest BCUT2D eigenvalue weighted by molar-refractivity contribution is 1.25. The Labute approximate surface area is 118 Å². The SMILES string of the molecule is Nc1cc(Cl)cc2c1-c1ccc(Cl)cc1[C@H]2Br. The summed E-state index contributed by atoms with van der Waals surface area (Å²) >= 11 is 15.7. The molecule has 0 unspecified atom stereocenters. The molecule has 3 rings (SSSR count). The van der Waals surface area contributed by atoms with Gasteiger partial charge in [-0.25, -0.2) is 0 Å². The van der Waals surface area contributed by atoms with Crippen molar-refractivity contribution in [3.63, 3.8) is 0 Å². The largest absolute Gasteiger partial charge is 0.398 e. The number of hydrogen-bond acceptors (Lipinski definition) is 1. The highest BCUT2D eigenvalue weighted by atomic mass is 79.9. The van der Waals surface area contributed by atoms with Crippen LogP contribution in [0.15, 0.2) is 30.3 Å². The molecule has 4 heteroatoms. The van der Waals surface area contributed by atoms with Gasteiger partial charge in [-0.1, -0.05) is 45.2 Å². The number of hydrogen-bond donors (Lipinski definition) is 1. The van der Waals surface area contributed by atoms with E-state index in [2.05, 4.69) is 15.9 Å². The van der Waals surface area contributed by atoms with Crippen LogP contribution in [0.1, 0.15) is 16.0 Å². The third-order valence-electron chi connectivity index (χ3n) is 2.99. The van der Waals surface area contributed by atoms with Crippen LogP contribution in [0.25, 0.3) is 11.1 Å². The van der Waals surface area contributed by atoms with Crippen LogP contribution in [0.5, 0.6) is 0 Å². The van der Waals surface area contributed by atoms with E-state index in [-0.39, 0.29) is 4.83 Å². The smallest absolute Gasteiger partial charge is 0.0658 e. The Hall–Kier alpha value is -0.700. The summed E-state index contributed by atoms with van der Waals surface area (Å²) in [6, 6.07) is 9.57. The van der Waals surface area contributed by atoms with Crippen molar-refractivity contribution in [3.8, 4) is 11.1 Å². The summed E-state index contributed by atoms with van der Waals surface area (Å²) in [6.07, 6.45) is 0. The summed E-state index contributed by atoms with van der Waals surface area (Å²) in [5, 5.41) is 1.38. The zero-order valence-electron chi connectivity index (χ0n) is 8.68. The molecule has 17 heavy (non-hydrogen) atoms. The molecular weight excluding hydrogens is 321 g/mol. The summed E-state index contributed by atoms with van der Waals surface area (Å²) in [4.78, 5) is 0.104. The molecule has 2 aromatic rings. The zero-order valence-corrected chi connectivity index (χ0v) is 11.8. The molecular formula is C13H8BrCl2N. The summed E-state index contributed by atoms with van der Waals surface area (Å²) in [5.41, 5.74) is 11.2. The number of benzene rings is 2. The van der Waals surface area contributed by atoms with Gasteiger partial charge in [-0.2, -0.15) is 0 Å². The molecule has 0 radical (unpaired) electrons. The number of anilines is 1. The Balaban J connectivity index is 2.35. The molecule has 1 atom stereocenters. The lowest BCUT2D eigenvalue weighted by Gasteiger charge is -2.06. The Bertz CT molecular complexity index is 625. The monoisotopic (exact) mass is 327 g/mol. The van der Waals surface area contributed by atoms with Crippen LogP contribution in [0.4, 0.5) is 5.69 Å². The molecule has 2 aromatic carbocycles. The second-order valence-electron chi connectivity index (χ2n) is 4.05. The number of fused-ring (bicyclic) bond motifs is 3. The molecule has 0 amide bonds. The first-order valence-corrected chi connectivity index (χ1v) is 6.78. The second-order valence-corrected chi connectivity index (χ2v) is 5.84. The summed E-state index contributed by atoms with van der Waals surface area (Å²) < 4.78 is 0. The van der Waals surface area contributed by atoms with Gasteiger partial charge >= 0.3 is 0 Å². The highest BCUT2D eigenvalue weighted by molar-refractivity contribution is 9.09. The molecule has 86 valence electrons. The van der Waals surface area contributed by atoms with Crippen molar-refractivity contribution in [2.24, 2.45) is 0 Å². The van der Waals surface area contributed by atoms with Crippen LogP contribution in [0.2, 0.25) is 10.0 Å². The van der Waals surface area contributed by atoms with Crippen molar-refractivity contribution in [3.05, 3.63) is 51.5 Å². The van der Waals surface area contributed by atoms with Gasteiger partial charge in [0.25, 0.3) is 0 Å². The molecule has 0 aromatic heterocycles. The van der Waals surface area contributed by atoms with Crippen LogP contribution in [-0.4, -0.2) is 0 Å². The average Bonchev–Trinajstić information content (AvgIpc) is 2.53. The predicted molar refractivity (Wildman–Crippen MR) is 77.1 cm³/mol. The topological polar surface area (TPSA) is 26.0 Å². The van der Waals surface area contributed by atoms with E-state index >= 15 is 0 Å². The Morgan fingerprint density at radius 2 is 1.71 bits per heavy atom. The van der Waals surface area contributed by atoms with Crippen LogP contribution >= 0.6 is 39.1 Å². The van der Waals surface area contributed by atoms with E-state index in [0.29, 0.717) is 10.7 Å². The van der Waals surface area contributed by atoms with Gasteiger partial charge in [0.05, 0.1) is 4.83 Å². The maximum atomic E-state index is 6.05. The number of halogens is 3. The van der Waals surface area contributed by atoms with Crippen molar-refractivity contribution < 1.29 is 0 Å². The minimum absolute atomic E-state index is 0.104. The summed E-state index contributed by atoms with van der Waals surface area (Å²) in [5.74, 6) is 0. The molecule has 2 N–H and O–H groups in total. The number of rotatable bonds is 0. The first-order valence-electron chi connectivity index (χ1n) is 5.10. The molecule has 0 heterocycles. The highest BCUT2D eigenvalue weighted by Crippen LogP contribution is 2.51. The zero-order chi connectivity index (χ0) is 12.2. The van der Waals surface area contributed by atoms with Crippen molar-refractivity contribution in [2.75, 3.05) is 5.73 Å². The van der Waals surface area contributed by atoms with Gasteiger partial charge in [0.2, 0.25) is 0 Å². The van der Waals surface area contributed by atoms with E-state index < -0.39 is 0 Å². The fourth-order valence-electron chi connectivity index (χ4n) is 2.30. The van der Waals surface area contributed by atoms with Crippen molar-refractivity contribution in [1.82, 2.24) is 0 Å². The van der Waals surface area contributed by atoms with E-state index in [9.17, 15) is 0 Å². The highest BCUT2D eigenvalue weighted by Gasteiger charge is 2.28. The first-order chi connectivity index (χ1) is 8.08. The van der Waals surface area contributed by atoms with Crippen molar-refractivity contribution >= 4 is 44.8 Å². The maximum absolute atomic E-state index is 6.05. The Kier molecular flexibility index (Phi) is 2.62. The van der Waals surface area contributed by atoms with Gasteiger partial charge in [0, 0.05) is 21.3 Å². The molecule has 0 fully saturated rings. The number of nitrogen functional groups attached to an aromatic ring is 1. The molecule has 1 aliphatic rings. The molecule has 0 saturated carbocycles. The van der Waals surface area contributed by atoms with Gasteiger partial charge in [0.1, 0.15) is 0 Å². The normalized spacial score (nSPS) is 16.8. The lowest BCUT2D eigenvalue weighted by Crippen LogP contribution is -1.91. The fourth-order valence-corrected chi connectivity index (χ4v) is 3.45. The van der Waals surface area contributed by atoms with Gasteiger partial charge in [-0.05, 0) is 41.0 Å². The van der Waals surface area contributed by atoms with Gasteiger partial charge in [0.15, 0.2) is 0 Å². The van der Waals surface area contributed by atoms with E-state index in [0.717, 1.165) is 27.3 Å². The standard InChI is InChI=1S/C13H8BrCl2N/c14-13-9-3-6(15)1-2-8(9)12-10(13)4-7(16)5-11(12)17/h1-5,13H,17H2/t13-/m1/s1. The molecule has 1 aliphatic carbocycles. The molecule has 0 spiro atoms. The third-order valence-corrected chi connectivity index (χ3v) is 4.43. The summed E-state index contributed by atoms with van der Waals surface area (Å²) in [7, 11) is 0. The van der Waals surface area contributed by atoms with Crippen molar-refractivity contribution in [2.45, 2.75) is 4.83 Å². The van der Waals surface area contributed by atoms with Crippen LogP contribution < -0.4 is 5.73 Å². The first kappa shape index (κ1) is 11.4. The molecule has 0 bridgehead atoms. The number of alkyl halides is 1. The fraction of sp³-hybridized carbons (Fsp3) is 0.0769.